The van der Waals surface area contributed by atoms with Crippen molar-refractivity contribution in [1.29, 1.82) is 0 Å². The van der Waals surface area contributed by atoms with E-state index in [0.717, 1.165) is 22.3 Å². The number of aromatic nitrogens is 1. The largest absolute Gasteiger partial charge is 0.512 e. The molecule has 1 N–H and O–H groups in total. The van der Waals surface area contributed by atoms with Gasteiger partial charge in [-0.3, -0.25) is 4.79 Å². The van der Waals surface area contributed by atoms with Gasteiger partial charge in [0, 0.05) is 29.4 Å². The molecule has 0 saturated heterocycles. The normalized spacial score (nSPS) is 16.4. The van der Waals surface area contributed by atoms with Gasteiger partial charge >= 0.3 is 0 Å². The molecule has 1 aliphatic rings. The number of carbonyl (C=O) groups excluding carboxylic acids is 1. The first-order chi connectivity index (χ1) is 14.7. The van der Waals surface area contributed by atoms with Gasteiger partial charge in [0.1, 0.15) is 11.5 Å². The van der Waals surface area contributed by atoms with Crippen molar-refractivity contribution in [1.82, 2.24) is 4.40 Å². The zero-order chi connectivity index (χ0) is 20.7. The van der Waals surface area contributed by atoms with E-state index < -0.39 is 5.92 Å². The highest BCUT2D eigenvalue weighted by atomic mass is 16.5. The number of benzene rings is 2. The number of methoxy groups -OCH3 is 1. The van der Waals surface area contributed by atoms with Gasteiger partial charge in [0.2, 0.25) is 0 Å². The number of hydrogen-bond donors (Lipinski definition) is 1. The number of ether oxygens (including phenoxy) is 1. The van der Waals surface area contributed by atoms with Crippen LogP contribution in [0.2, 0.25) is 0 Å². The fourth-order valence-corrected chi connectivity index (χ4v) is 4.34. The molecule has 2 heterocycles. The number of pyridine rings is 1. The standard InChI is InChI=1S/C26H21NO3/c1-30-20-12-10-18(11-13-20)24-23(28)16-22(26(24)29)25-21(17-7-3-2-4-8-17)15-19-9-5-6-14-27(19)25/h2-15,22,28H,16H2,1H3/t22-/m0/s1. The first-order valence-corrected chi connectivity index (χ1v) is 9.93. The lowest BCUT2D eigenvalue weighted by atomic mass is 9.92. The van der Waals surface area contributed by atoms with E-state index >= 15 is 0 Å². The molecule has 0 amide bonds. The Balaban J connectivity index is 1.62. The lowest BCUT2D eigenvalue weighted by Gasteiger charge is -2.14. The van der Waals surface area contributed by atoms with E-state index in [2.05, 4.69) is 22.6 Å². The summed E-state index contributed by atoms with van der Waals surface area (Å²) in [5, 5.41) is 10.8. The predicted octanol–water partition coefficient (Wildman–Crippen LogP) is 5.64. The van der Waals surface area contributed by atoms with Crippen molar-refractivity contribution in [2.75, 3.05) is 7.11 Å². The minimum atomic E-state index is -0.442. The molecule has 0 unspecified atom stereocenters. The maximum absolute atomic E-state index is 13.5. The Bertz CT molecular complexity index is 1270. The summed E-state index contributed by atoms with van der Waals surface area (Å²) in [6.45, 7) is 0. The summed E-state index contributed by atoms with van der Waals surface area (Å²) in [6.07, 6.45) is 2.27. The summed E-state index contributed by atoms with van der Waals surface area (Å²) in [5.74, 6) is 0.353. The van der Waals surface area contributed by atoms with Gasteiger partial charge in [-0.05, 0) is 41.5 Å². The quantitative estimate of drug-likeness (QED) is 0.486. The third kappa shape index (κ3) is 2.89. The first-order valence-electron chi connectivity index (χ1n) is 9.93. The van der Waals surface area contributed by atoms with E-state index in [4.69, 9.17) is 4.74 Å². The lowest BCUT2D eigenvalue weighted by Crippen LogP contribution is -2.11. The van der Waals surface area contributed by atoms with Crippen LogP contribution in [0.5, 0.6) is 5.75 Å². The van der Waals surface area contributed by atoms with E-state index in [9.17, 15) is 9.90 Å². The number of carbonyl (C=O) groups is 1. The summed E-state index contributed by atoms with van der Waals surface area (Å²) < 4.78 is 7.28. The van der Waals surface area contributed by atoms with E-state index in [1.807, 2.05) is 54.7 Å². The lowest BCUT2D eigenvalue weighted by molar-refractivity contribution is -0.114. The number of rotatable bonds is 4. The van der Waals surface area contributed by atoms with E-state index in [1.165, 1.54) is 0 Å². The molecule has 1 atom stereocenters. The second kappa shape index (κ2) is 7.23. The molecule has 1 aliphatic carbocycles. The summed E-state index contributed by atoms with van der Waals surface area (Å²) >= 11 is 0. The highest BCUT2D eigenvalue weighted by molar-refractivity contribution is 6.26. The number of ketones is 1. The minimum absolute atomic E-state index is 0.0568. The number of allylic oxidation sites excluding steroid dienone is 2. The number of nitrogens with zero attached hydrogens (tertiary/aromatic N) is 1. The van der Waals surface area contributed by atoms with Crippen molar-refractivity contribution in [2.24, 2.45) is 0 Å². The number of hydrogen-bond acceptors (Lipinski definition) is 3. The molecule has 0 fully saturated rings. The van der Waals surface area contributed by atoms with Crippen molar-refractivity contribution in [3.8, 4) is 16.9 Å². The smallest absolute Gasteiger partial charge is 0.176 e. The number of aliphatic hydroxyl groups is 1. The van der Waals surface area contributed by atoms with Gasteiger partial charge < -0.3 is 14.2 Å². The Morgan fingerprint density at radius 3 is 2.40 bits per heavy atom. The summed E-state index contributed by atoms with van der Waals surface area (Å²) in [6, 6.07) is 25.4. The zero-order valence-electron chi connectivity index (χ0n) is 16.6. The fraction of sp³-hybridized carbons (Fsp3) is 0.115. The Kier molecular flexibility index (Phi) is 4.40. The molecule has 4 aromatic rings. The van der Waals surface area contributed by atoms with Crippen molar-refractivity contribution in [2.45, 2.75) is 12.3 Å². The average molecular weight is 395 g/mol. The fourth-order valence-electron chi connectivity index (χ4n) is 4.34. The van der Waals surface area contributed by atoms with Crippen LogP contribution >= 0.6 is 0 Å². The Morgan fingerprint density at radius 2 is 1.67 bits per heavy atom. The molecule has 30 heavy (non-hydrogen) atoms. The Labute approximate surface area is 174 Å². The molecular formula is C26H21NO3. The van der Waals surface area contributed by atoms with Gasteiger partial charge in [0.15, 0.2) is 5.78 Å². The highest BCUT2D eigenvalue weighted by Crippen LogP contribution is 2.43. The zero-order valence-corrected chi connectivity index (χ0v) is 16.6. The minimum Gasteiger partial charge on any atom is -0.512 e. The Hall–Kier alpha value is -3.79. The maximum atomic E-state index is 13.5. The van der Waals surface area contributed by atoms with E-state index in [-0.39, 0.29) is 11.5 Å². The van der Waals surface area contributed by atoms with Crippen LogP contribution in [0, 0.1) is 0 Å². The van der Waals surface area contributed by atoms with E-state index in [1.54, 1.807) is 19.2 Å². The molecular weight excluding hydrogens is 374 g/mol. The van der Waals surface area contributed by atoms with Gasteiger partial charge in [-0.1, -0.05) is 48.5 Å². The van der Waals surface area contributed by atoms with Gasteiger partial charge in [-0.25, -0.2) is 0 Å². The molecule has 5 rings (SSSR count). The van der Waals surface area contributed by atoms with Crippen LogP contribution in [-0.2, 0) is 4.79 Å². The summed E-state index contributed by atoms with van der Waals surface area (Å²) in [4.78, 5) is 13.5. The maximum Gasteiger partial charge on any atom is 0.176 e. The second-order valence-electron chi connectivity index (χ2n) is 7.48. The van der Waals surface area contributed by atoms with E-state index in [0.29, 0.717) is 23.3 Å². The van der Waals surface area contributed by atoms with Crippen LogP contribution in [0.15, 0.2) is 90.8 Å². The SMILES string of the molecule is COc1ccc(C2=C(O)C[C@@H](c3c(-c4ccccc4)cc4ccccn34)C2=O)cc1. The van der Waals surface area contributed by atoms with Gasteiger partial charge in [-0.2, -0.15) is 0 Å². The molecule has 2 aromatic heterocycles. The first kappa shape index (κ1) is 18.3. The van der Waals surface area contributed by atoms with Crippen LogP contribution in [0.1, 0.15) is 23.6 Å². The predicted molar refractivity (Wildman–Crippen MR) is 118 cm³/mol. The molecule has 148 valence electrons. The summed E-state index contributed by atoms with van der Waals surface area (Å²) in [5.41, 5.74) is 5.12. The Morgan fingerprint density at radius 1 is 0.933 bits per heavy atom. The highest BCUT2D eigenvalue weighted by Gasteiger charge is 2.38. The number of Topliss-reactive ketones (excluding diaryl/α,β-unsaturated/α-hetero) is 1. The third-order valence-electron chi connectivity index (χ3n) is 5.76. The van der Waals surface area contributed by atoms with Crippen molar-refractivity contribution in [3.05, 3.63) is 102 Å². The molecule has 0 spiro atoms. The van der Waals surface area contributed by atoms with Gasteiger partial charge in [-0.15, -0.1) is 0 Å². The van der Waals surface area contributed by atoms with Crippen LogP contribution in [0.3, 0.4) is 0 Å². The number of aliphatic hydroxyl groups excluding tert-OH is 1. The molecule has 2 aromatic carbocycles. The topological polar surface area (TPSA) is 50.9 Å². The van der Waals surface area contributed by atoms with Crippen LogP contribution in [-0.4, -0.2) is 22.4 Å². The molecule has 0 bridgehead atoms. The van der Waals surface area contributed by atoms with Crippen molar-refractivity contribution < 1.29 is 14.6 Å². The number of fused-ring (bicyclic) bond motifs is 1. The molecule has 0 aliphatic heterocycles. The van der Waals surface area contributed by atoms with Crippen molar-refractivity contribution >= 4 is 16.9 Å². The van der Waals surface area contributed by atoms with Gasteiger partial charge in [0.25, 0.3) is 0 Å². The van der Waals surface area contributed by atoms with Crippen LogP contribution < -0.4 is 4.74 Å². The van der Waals surface area contributed by atoms with Gasteiger partial charge in [0.05, 0.1) is 18.6 Å². The summed E-state index contributed by atoms with van der Waals surface area (Å²) in [7, 11) is 1.60. The second-order valence-corrected chi connectivity index (χ2v) is 7.48. The molecule has 0 saturated carbocycles. The van der Waals surface area contributed by atoms with Crippen LogP contribution in [0.25, 0.3) is 22.2 Å². The monoisotopic (exact) mass is 395 g/mol. The average Bonchev–Trinajstić information content (AvgIpc) is 3.31. The molecule has 0 radical (unpaired) electrons. The third-order valence-corrected chi connectivity index (χ3v) is 5.76. The van der Waals surface area contributed by atoms with Crippen molar-refractivity contribution in [3.63, 3.8) is 0 Å². The van der Waals surface area contributed by atoms with Crippen LogP contribution in [0.4, 0.5) is 0 Å². The molecule has 4 nitrogen and oxygen atoms in total. The molecule has 4 heteroatoms.